The van der Waals surface area contributed by atoms with Crippen LogP contribution in [0.3, 0.4) is 0 Å². The molecule has 1 fully saturated rings. The Hall–Kier alpha value is -3.72. The standard InChI is InChI=1S/C27H30N4O4/c1-34-25-11-10-23(16-24(25)30-26(32)18-31-12-14-35-15-13-31)29-27(33)22-8-6-21(7-9-22)20-4-2-19(17-28)3-5-20/h2-11,16H,12-15,17-18,28H2,1H3,(H,29,33)(H,30,32). The fraction of sp³-hybridized carbons (Fsp3) is 0.259. The molecule has 8 nitrogen and oxygen atoms in total. The minimum atomic E-state index is -0.245. The molecule has 182 valence electrons. The Morgan fingerprint density at radius 3 is 2.23 bits per heavy atom. The monoisotopic (exact) mass is 474 g/mol. The number of hydrogen-bond acceptors (Lipinski definition) is 6. The molecular weight excluding hydrogens is 444 g/mol. The highest BCUT2D eigenvalue weighted by Crippen LogP contribution is 2.28. The number of ether oxygens (including phenoxy) is 2. The van der Waals surface area contributed by atoms with Gasteiger partial charge in [0, 0.05) is 30.9 Å². The number of benzene rings is 3. The van der Waals surface area contributed by atoms with Crippen LogP contribution in [0.15, 0.2) is 66.7 Å². The summed E-state index contributed by atoms with van der Waals surface area (Å²) in [6.45, 7) is 3.46. The Morgan fingerprint density at radius 1 is 0.943 bits per heavy atom. The summed E-state index contributed by atoms with van der Waals surface area (Å²) in [5.74, 6) is 0.123. The van der Waals surface area contributed by atoms with Crippen molar-refractivity contribution >= 4 is 23.2 Å². The Labute approximate surface area is 205 Å². The van der Waals surface area contributed by atoms with Gasteiger partial charge in [0.2, 0.25) is 5.91 Å². The van der Waals surface area contributed by atoms with Crippen LogP contribution in [0.5, 0.6) is 5.75 Å². The molecule has 3 aromatic carbocycles. The number of methoxy groups -OCH3 is 1. The van der Waals surface area contributed by atoms with E-state index in [-0.39, 0.29) is 18.4 Å². The van der Waals surface area contributed by atoms with Crippen LogP contribution in [0.4, 0.5) is 11.4 Å². The maximum atomic E-state index is 12.8. The van der Waals surface area contributed by atoms with Gasteiger partial charge in [-0.2, -0.15) is 0 Å². The van der Waals surface area contributed by atoms with Gasteiger partial charge in [-0.05, 0) is 47.0 Å². The molecule has 0 spiro atoms. The van der Waals surface area contributed by atoms with E-state index in [4.69, 9.17) is 15.2 Å². The quantitative estimate of drug-likeness (QED) is 0.462. The van der Waals surface area contributed by atoms with Crippen LogP contribution >= 0.6 is 0 Å². The maximum Gasteiger partial charge on any atom is 0.255 e. The molecule has 0 atom stereocenters. The molecule has 0 aromatic heterocycles. The van der Waals surface area contributed by atoms with Crippen molar-refractivity contribution in [2.24, 2.45) is 5.73 Å². The van der Waals surface area contributed by atoms with Crippen molar-refractivity contribution in [3.8, 4) is 16.9 Å². The molecule has 35 heavy (non-hydrogen) atoms. The number of amides is 2. The molecule has 0 saturated carbocycles. The average Bonchev–Trinajstić information content (AvgIpc) is 2.89. The third-order valence-electron chi connectivity index (χ3n) is 5.87. The van der Waals surface area contributed by atoms with Gasteiger partial charge >= 0.3 is 0 Å². The van der Waals surface area contributed by atoms with Gasteiger partial charge in [0.05, 0.1) is 32.6 Å². The minimum Gasteiger partial charge on any atom is -0.495 e. The van der Waals surface area contributed by atoms with Gasteiger partial charge in [0.15, 0.2) is 0 Å². The van der Waals surface area contributed by atoms with Crippen molar-refractivity contribution in [1.29, 1.82) is 0 Å². The maximum absolute atomic E-state index is 12.8. The molecule has 0 bridgehead atoms. The zero-order chi connectivity index (χ0) is 24.6. The summed E-state index contributed by atoms with van der Waals surface area (Å²) in [5.41, 5.74) is 10.4. The minimum absolute atomic E-state index is 0.149. The average molecular weight is 475 g/mol. The molecule has 0 aliphatic carbocycles. The highest BCUT2D eigenvalue weighted by atomic mass is 16.5. The molecule has 4 N–H and O–H groups in total. The fourth-order valence-electron chi connectivity index (χ4n) is 3.89. The molecule has 1 aliphatic rings. The van der Waals surface area contributed by atoms with Crippen LogP contribution in [0.1, 0.15) is 15.9 Å². The van der Waals surface area contributed by atoms with E-state index < -0.39 is 0 Å². The molecule has 1 heterocycles. The van der Waals surface area contributed by atoms with E-state index in [9.17, 15) is 9.59 Å². The van der Waals surface area contributed by atoms with Crippen molar-refractivity contribution in [2.75, 3.05) is 50.6 Å². The lowest BCUT2D eigenvalue weighted by Gasteiger charge is -2.26. The smallest absolute Gasteiger partial charge is 0.255 e. The number of nitrogens with one attached hydrogen (secondary N) is 2. The van der Waals surface area contributed by atoms with Crippen LogP contribution in [0.2, 0.25) is 0 Å². The molecule has 4 rings (SSSR count). The summed E-state index contributed by atoms with van der Waals surface area (Å²) in [6, 6.07) is 20.6. The van der Waals surface area contributed by atoms with Crippen molar-refractivity contribution in [1.82, 2.24) is 4.90 Å². The Balaban J connectivity index is 1.41. The van der Waals surface area contributed by atoms with Gasteiger partial charge in [-0.1, -0.05) is 36.4 Å². The van der Waals surface area contributed by atoms with E-state index in [1.54, 1.807) is 30.3 Å². The first-order valence-corrected chi connectivity index (χ1v) is 11.5. The zero-order valence-electron chi connectivity index (χ0n) is 19.8. The molecule has 0 unspecified atom stereocenters. The van der Waals surface area contributed by atoms with Gasteiger partial charge in [-0.3, -0.25) is 14.5 Å². The van der Waals surface area contributed by atoms with Crippen molar-refractivity contribution in [2.45, 2.75) is 6.54 Å². The van der Waals surface area contributed by atoms with Crippen LogP contribution in [-0.2, 0) is 16.1 Å². The first-order chi connectivity index (χ1) is 17.1. The fourth-order valence-corrected chi connectivity index (χ4v) is 3.89. The number of hydrogen-bond donors (Lipinski definition) is 3. The third kappa shape index (κ3) is 6.45. The number of rotatable bonds is 8. The number of nitrogens with zero attached hydrogens (tertiary/aromatic N) is 1. The van der Waals surface area contributed by atoms with Crippen molar-refractivity contribution in [3.63, 3.8) is 0 Å². The summed E-state index contributed by atoms with van der Waals surface area (Å²) < 4.78 is 10.7. The second kappa shape index (κ2) is 11.6. The van der Waals surface area contributed by atoms with E-state index in [2.05, 4.69) is 10.6 Å². The van der Waals surface area contributed by atoms with Gasteiger partial charge < -0.3 is 25.8 Å². The second-order valence-electron chi connectivity index (χ2n) is 8.28. The third-order valence-corrected chi connectivity index (χ3v) is 5.87. The number of nitrogens with two attached hydrogens (primary N) is 1. The lowest BCUT2D eigenvalue weighted by atomic mass is 10.0. The first kappa shape index (κ1) is 24.4. The highest BCUT2D eigenvalue weighted by Gasteiger charge is 2.16. The Kier molecular flexibility index (Phi) is 8.10. The number of carbonyl (C=O) groups is 2. The summed E-state index contributed by atoms with van der Waals surface area (Å²) in [7, 11) is 1.54. The molecule has 0 radical (unpaired) electrons. The number of anilines is 2. The van der Waals surface area contributed by atoms with Crippen molar-refractivity contribution < 1.29 is 19.1 Å². The van der Waals surface area contributed by atoms with Crippen LogP contribution in [0.25, 0.3) is 11.1 Å². The van der Waals surface area contributed by atoms with E-state index in [1.165, 1.54) is 7.11 Å². The van der Waals surface area contributed by atoms with E-state index >= 15 is 0 Å². The Morgan fingerprint density at radius 2 is 1.60 bits per heavy atom. The molecule has 3 aromatic rings. The van der Waals surface area contributed by atoms with Crippen molar-refractivity contribution in [3.05, 3.63) is 77.9 Å². The van der Waals surface area contributed by atoms with Gasteiger partial charge in [-0.25, -0.2) is 0 Å². The zero-order valence-corrected chi connectivity index (χ0v) is 19.8. The normalized spacial score (nSPS) is 13.8. The molecule has 8 heteroatoms. The molecule has 1 aliphatic heterocycles. The SMILES string of the molecule is COc1ccc(NC(=O)c2ccc(-c3ccc(CN)cc3)cc2)cc1NC(=O)CN1CCOCC1. The second-order valence-corrected chi connectivity index (χ2v) is 8.28. The summed E-state index contributed by atoms with van der Waals surface area (Å²) in [4.78, 5) is 27.4. The topological polar surface area (TPSA) is 106 Å². The first-order valence-electron chi connectivity index (χ1n) is 11.5. The van der Waals surface area contributed by atoms with Crippen LogP contribution in [0, 0.1) is 0 Å². The molecule has 1 saturated heterocycles. The van der Waals surface area contributed by atoms with Gasteiger partial charge in [0.1, 0.15) is 5.75 Å². The molecular formula is C27H30N4O4. The van der Waals surface area contributed by atoms with Gasteiger partial charge in [-0.15, -0.1) is 0 Å². The van der Waals surface area contributed by atoms with Crippen LogP contribution < -0.4 is 21.1 Å². The Bertz CT molecular complexity index is 1160. The highest BCUT2D eigenvalue weighted by molar-refractivity contribution is 6.05. The lowest BCUT2D eigenvalue weighted by molar-refractivity contribution is -0.118. The predicted molar refractivity (Wildman–Crippen MR) is 137 cm³/mol. The van der Waals surface area contributed by atoms with Gasteiger partial charge in [0.25, 0.3) is 5.91 Å². The van der Waals surface area contributed by atoms with E-state index in [0.29, 0.717) is 42.4 Å². The lowest BCUT2D eigenvalue weighted by Crippen LogP contribution is -2.41. The van der Waals surface area contributed by atoms with E-state index in [1.807, 2.05) is 41.3 Å². The number of morpholine rings is 1. The predicted octanol–water partition coefficient (Wildman–Crippen LogP) is 3.34. The molecule has 2 amide bonds. The summed E-state index contributed by atoms with van der Waals surface area (Å²) in [5, 5.41) is 5.78. The number of carbonyl (C=O) groups excluding carboxylic acids is 2. The van der Waals surface area contributed by atoms with E-state index in [0.717, 1.165) is 29.8 Å². The van der Waals surface area contributed by atoms with Crippen LogP contribution in [-0.4, -0.2) is 56.7 Å². The summed E-state index contributed by atoms with van der Waals surface area (Å²) in [6.07, 6.45) is 0. The summed E-state index contributed by atoms with van der Waals surface area (Å²) >= 11 is 0. The largest absolute Gasteiger partial charge is 0.495 e.